The minimum atomic E-state index is -0.482. The lowest BCUT2D eigenvalue weighted by molar-refractivity contribution is -0.123. The van der Waals surface area contributed by atoms with Gasteiger partial charge in [0.25, 0.3) is 5.91 Å². The lowest BCUT2D eigenvalue weighted by Crippen LogP contribution is -2.24. The molecule has 0 saturated carbocycles. The third-order valence-corrected chi connectivity index (χ3v) is 2.55. The molecule has 6 heteroatoms. The number of phenolic OH excluding ortho intramolecular Hbond substituents is 2. The van der Waals surface area contributed by atoms with E-state index in [1.807, 2.05) is 0 Å². The van der Waals surface area contributed by atoms with E-state index in [-0.39, 0.29) is 23.9 Å². The number of hydrogen-bond acceptors (Lipinski definition) is 5. The van der Waals surface area contributed by atoms with Gasteiger partial charge in [-0.25, -0.2) is 5.43 Å². The maximum Gasteiger partial charge on any atom is 0.277 e. The van der Waals surface area contributed by atoms with Gasteiger partial charge in [-0.2, -0.15) is 5.10 Å². The predicted octanol–water partition coefficient (Wildman–Crippen LogP) is 1.63. The number of hydrogen-bond donors (Lipinski definition) is 3. The number of hydrazone groups is 1. The minimum absolute atomic E-state index is 0.0389. The summed E-state index contributed by atoms with van der Waals surface area (Å²) in [6.45, 7) is -0.282. The van der Waals surface area contributed by atoms with Crippen molar-refractivity contribution in [2.45, 2.75) is 0 Å². The van der Waals surface area contributed by atoms with Crippen LogP contribution in [0.25, 0.3) is 0 Å². The van der Waals surface area contributed by atoms with Crippen molar-refractivity contribution in [1.82, 2.24) is 5.43 Å². The molecule has 0 fully saturated rings. The third-order valence-electron chi connectivity index (χ3n) is 2.55. The molecule has 0 aliphatic heterocycles. The highest BCUT2D eigenvalue weighted by Crippen LogP contribution is 2.23. The summed E-state index contributed by atoms with van der Waals surface area (Å²) in [7, 11) is 0. The molecule has 0 heterocycles. The van der Waals surface area contributed by atoms with Crippen LogP contribution in [0.15, 0.2) is 53.6 Å². The quantitative estimate of drug-likeness (QED) is 0.575. The van der Waals surface area contributed by atoms with E-state index in [9.17, 15) is 15.0 Å². The topological polar surface area (TPSA) is 91.2 Å². The van der Waals surface area contributed by atoms with E-state index in [1.165, 1.54) is 18.3 Å². The highest BCUT2D eigenvalue weighted by molar-refractivity contribution is 5.85. The van der Waals surface area contributed by atoms with Gasteiger partial charge in [-0.05, 0) is 24.3 Å². The van der Waals surface area contributed by atoms with E-state index in [0.29, 0.717) is 5.56 Å². The molecule has 2 aromatic rings. The second kappa shape index (κ2) is 6.95. The zero-order valence-electron chi connectivity index (χ0n) is 11.1. The summed E-state index contributed by atoms with van der Waals surface area (Å²) in [4.78, 5) is 11.5. The van der Waals surface area contributed by atoms with Crippen LogP contribution in [0.2, 0.25) is 0 Å². The van der Waals surface area contributed by atoms with Crippen molar-refractivity contribution in [1.29, 1.82) is 0 Å². The van der Waals surface area contributed by atoms with Crippen LogP contribution in [0.5, 0.6) is 17.2 Å². The van der Waals surface area contributed by atoms with Crippen LogP contribution in [0.3, 0.4) is 0 Å². The normalized spacial score (nSPS) is 10.5. The Balaban J connectivity index is 1.83. The Morgan fingerprint density at radius 2 is 1.76 bits per heavy atom. The summed E-state index contributed by atoms with van der Waals surface area (Å²) in [5.74, 6) is -0.230. The van der Waals surface area contributed by atoms with Crippen molar-refractivity contribution in [3.8, 4) is 17.2 Å². The highest BCUT2D eigenvalue weighted by Gasteiger charge is 2.04. The molecule has 0 radical (unpaired) electrons. The van der Waals surface area contributed by atoms with E-state index < -0.39 is 5.91 Å². The Hall–Kier alpha value is -3.02. The second-order valence-corrected chi connectivity index (χ2v) is 4.11. The standard InChI is InChI=1S/C15H14N2O4/c18-12-6-2-1-5-11(12)9-16-17-15(20)10-21-14-8-4-3-7-13(14)19/h1-9,18-19H,10H2,(H,17,20). The molecule has 0 unspecified atom stereocenters. The molecule has 0 aliphatic rings. The van der Waals surface area contributed by atoms with E-state index in [2.05, 4.69) is 10.5 Å². The summed E-state index contributed by atoms with van der Waals surface area (Å²) in [5, 5.41) is 22.7. The number of ether oxygens (including phenoxy) is 1. The predicted molar refractivity (Wildman–Crippen MR) is 77.4 cm³/mol. The molecule has 21 heavy (non-hydrogen) atoms. The maximum absolute atomic E-state index is 11.5. The van der Waals surface area contributed by atoms with Crippen LogP contribution in [0.4, 0.5) is 0 Å². The van der Waals surface area contributed by atoms with Gasteiger partial charge in [0.2, 0.25) is 0 Å². The van der Waals surface area contributed by atoms with E-state index >= 15 is 0 Å². The third kappa shape index (κ3) is 4.24. The number of carbonyl (C=O) groups excluding carboxylic acids is 1. The lowest BCUT2D eigenvalue weighted by atomic mass is 10.2. The average molecular weight is 286 g/mol. The monoisotopic (exact) mass is 286 g/mol. The molecular weight excluding hydrogens is 272 g/mol. The fraction of sp³-hybridized carbons (Fsp3) is 0.0667. The first kappa shape index (κ1) is 14.4. The Labute approximate surface area is 121 Å². The average Bonchev–Trinajstić information content (AvgIpc) is 2.48. The van der Waals surface area contributed by atoms with Gasteiger partial charge >= 0.3 is 0 Å². The summed E-state index contributed by atoms with van der Waals surface area (Å²) < 4.78 is 5.14. The molecule has 0 spiro atoms. The second-order valence-electron chi connectivity index (χ2n) is 4.11. The number of phenols is 2. The van der Waals surface area contributed by atoms with Crippen LogP contribution in [0.1, 0.15) is 5.56 Å². The van der Waals surface area contributed by atoms with Gasteiger partial charge in [-0.15, -0.1) is 0 Å². The smallest absolute Gasteiger partial charge is 0.277 e. The maximum atomic E-state index is 11.5. The van der Waals surface area contributed by atoms with Gasteiger partial charge in [0, 0.05) is 5.56 Å². The first-order valence-corrected chi connectivity index (χ1v) is 6.17. The first-order chi connectivity index (χ1) is 10.2. The zero-order chi connectivity index (χ0) is 15.1. The van der Waals surface area contributed by atoms with Crippen LogP contribution in [-0.4, -0.2) is 28.9 Å². The Bertz CT molecular complexity index is 656. The Morgan fingerprint density at radius 3 is 2.48 bits per heavy atom. The van der Waals surface area contributed by atoms with Crippen LogP contribution < -0.4 is 10.2 Å². The van der Waals surface area contributed by atoms with Crippen molar-refractivity contribution >= 4 is 12.1 Å². The molecule has 0 atom stereocenters. The molecule has 6 nitrogen and oxygen atoms in total. The summed E-state index contributed by atoms with van der Waals surface area (Å²) >= 11 is 0. The van der Waals surface area contributed by atoms with Gasteiger partial charge in [-0.3, -0.25) is 4.79 Å². The van der Waals surface area contributed by atoms with Gasteiger partial charge in [0.15, 0.2) is 18.1 Å². The van der Waals surface area contributed by atoms with E-state index in [4.69, 9.17) is 4.74 Å². The van der Waals surface area contributed by atoms with Gasteiger partial charge < -0.3 is 14.9 Å². The molecule has 0 bridgehead atoms. The van der Waals surface area contributed by atoms with Crippen molar-refractivity contribution in [3.63, 3.8) is 0 Å². The minimum Gasteiger partial charge on any atom is -0.507 e. The first-order valence-electron chi connectivity index (χ1n) is 6.17. The highest BCUT2D eigenvalue weighted by atomic mass is 16.5. The van der Waals surface area contributed by atoms with E-state index in [1.54, 1.807) is 36.4 Å². The fourth-order valence-corrected chi connectivity index (χ4v) is 1.53. The number of nitrogens with zero attached hydrogens (tertiary/aromatic N) is 1. The Morgan fingerprint density at radius 1 is 1.10 bits per heavy atom. The molecule has 0 saturated heterocycles. The summed E-state index contributed by atoms with van der Waals surface area (Å²) in [6.07, 6.45) is 1.33. The summed E-state index contributed by atoms with van der Waals surface area (Å²) in [5.41, 5.74) is 2.75. The number of carbonyl (C=O) groups is 1. The molecule has 2 aromatic carbocycles. The van der Waals surface area contributed by atoms with Gasteiger partial charge in [0.1, 0.15) is 5.75 Å². The molecule has 0 aliphatic carbocycles. The fourth-order valence-electron chi connectivity index (χ4n) is 1.53. The van der Waals surface area contributed by atoms with Crippen LogP contribution >= 0.6 is 0 Å². The number of rotatable bonds is 5. The van der Waals surface area contributed by atoms with Crippen molar-refractivity contribution in [2.24, 2.45) is 5.10 Å². The lowest BCUT2D eigenvalue weighted by Gasteiger charge is -2.06. The van der Waals surface area contributed by atoms with Crippen molar-refractivity contribution in [2.75, 3.05) is 6.61 Å². The summed E-state index contributed by atoms with van der Waals surface area (Å²) in [6, 6.07) is 12.9. The van der Waals surface area contributed by atoms with Crippen molar-refractivity contribution in [3.05, 3.63) is 54.1 Å². The molecule has 3 N–H and O–H groups in total. The number of benzene rings is 2. The number of aromatic hydroxyl groups is 2. The zero-order valence-corrected chi connectivity index (χ0v) is 11.1. The Kier molecular flexibility index (Phi) is 4.76. The molecular formula is C15H14N2O4. The van der Waals surface area contributed by atoms with Gasteiger partial charge in [-0.1, -0.05) is 24.3 Å². The largest absolute Gasteiger partial charge is 0.507 e. The number of amides is 1. The van der Waals surface area contributed by atoms with Crippen molar-refractivity contribution < 1.29 is 19.7 Å². The molecule has 1 amide bonds. The molecule has 2 rings (SSSR count). The molecule has 108 valence electrons. The molecule has 0 aromatic heterocycles. The number of para-hydroxylation sites is 3. The van der Waals surface area contributed by atoms with Crippen LogP contribution in [0, 0.1) is 0 Å². The number of nitrogens with one attached hydrogen (secondary N) is 1. The van der Waals surface area contributed by atoms with E-state index in [0.717, 1.165) is 0 Å². The SMILES string of the molecule is O=C(COc1ccccc1O)NN=Cc1ccccc1O. The van der Waals surface area contributed by atoms with Gasteiger partial charge in [0.05, 0.1) is 6.21 Å². The van der Waals surface area contributed by atoms with Crippen LogP contribution in [-0.2, 0) is 4.79 Å².